The van der Waals surface area contributed by atoms with Gasteiger partial charge in [-0.1, -0.05) is 19.1 Å². The molecule has 3 heteroatoms. The van der Waals surface area contributed by atoms with E-state index >= 15 is 0 Å². The quantitative estimate of drug-likeness (QED) is 0.886. The Balaban J connectivity index is 1.99. The van der Waals surface area contributed by atoms with Gasteiger partial charge in [-0.3, -0.25) is 4.90 Å². The summed E-state index contributed by atoms with van der Waals surface area (Å²) in [5.41, 5.74) is 1.90. The van der Waals surface area contributed by atoms with E-state index in [1.165, 1.54) is 5.56 Å². The lowest BCUT2D eigenvalue weighted by Gasteiger charge is -2.35. The molecule has 0 bridgehead atoms. The molecular formula is C15H20N2O. The molecule has 1 fully saturated rings. The summed E-state index contributed by atoms with van der Waals surface area (Å²) >= 11 is 0. The zero-order valence-corrected chi connectivity index (χ0v) is 10.8. The average molecular weight is 244 g/mol. The first kappa shape index (κ1) is 13.1. The third-order valence-corrected chi connectivity index (χ3v) is 3.76. The molecule has 0 saturated carbocycles. The highest BCUT2D eigenvalue weighted by Gasteiger charge is 2.26. The summed E-state index contributed by atoms with van der Waals surface area (Å²) in [5.74, 6) is 0.387. The fourth-order valence-electron chi connectivity index (χ4n) is 2.64. The van der Waals surface area contributed by atoms with Crippen LogP contribution in [0.1, 0.15) is 30.9 Å². The number of hydrogen-bond donors (Lipinski definition) is 1. The van der Waals surface area contributed by atoms with Crippen molar-refractivity contribution in [3.63, 3.8) is 0 Å². The first-order chi connectivity index (χ1) is 8.72. The van der Waals surface area contributed by atoms with Gasteiger partial charge in [0.2, 0.25) is 0 Å². The van der Waals surface area contributed by atoms with Crippen LogP contribution in [0.15, 0.2) is 24.3 Å². The molecule has 2 atom stereocenters. The van der Waals surface area contributed by atoms with Crippen molar-refractivity contribution in [2.75, 3.05) is 13.1 Å². The molecule has 1 aromatic carbocycles. The molecule has 18 heavy (non-hydrogen) atoms. The maximum Gasteiger partial charge on any atom is 0.0991 e. The van der Waals surface area contributed by atoms with Gasteiger partial charge in [-0.2, -0.15) is 5.26 Å². The second kappa shape index (κ2) is 5.99. The number of piperidine rings is 1. The van der Waals surface area contributed by atoms with Crippen LogP contribution in [-0.2, 0) is 6.54 Å². The van der Waals surface area contributed by atoms with Crippen molar-refractivity contribution in [1.82, 2.24) is 4.90 Å². The van der Waals surface area contributed by atoms with E-state index in [1.54, 1.807) is 0 Å². The molecular weight excluding hydrogens is 224 g/mol. The zero-order chi connectivity index (χ0) is 13.0. The molecule has 1 saturated heterocycles. The Bertz CT molecular complexity index is 438. The maximum atomic E-state index is 9.87. The van der Waals surface area contributed by atoms with Gasteiger partial charge in [0, 0.05) is 19.6 Å². The summed E-state index contributed by atoms with van der Waals surface area (Å²) < 4.78 is 0. The van der Waals surface area contributed by atoms with Crippen LogP contribution < -0.4 is 0 Å². The minimum Gasteiger partial charge on any atom is -0.393 e. The molecule has 2 rings (SSSR count). The van der Waals surface area contributed by atoms with Gasteiger partial charge in [-0.25, -0.2) is 0 Å². The van der Waals surface area contributed by atoms with E-state index in [0.717, 1.165) is 38.0 Å². The van der Waals surface area contributed by atoms with Crippen LogP contribution in [0.5, 0.6) is 0 Å². The predicted octanol–water partition coefficient (Wildman–Crippen LogP) is 2.15. The molecule has 0 amide bonds. The standard InChI is InChI=1S/C15H20N2O/c1-2-14-11-17(7-6-15(14)18)10-13-5-3-4-12(8-13)9-16/h3-5,8,14-15,18H,2,6-7,10-11H2,1H3. The van der Waals surface area contributed by atoms with Crippen molar-refractivity contribution in [3.8, 4) is 6.07 Å². The van der Waals surface area contributed by atoms with Crippen LogP contribution in [0.25, 0.3) is 0 Å². The van der Waals surface area contributed by atoms with E-state index in [4.69, 9.17) is 5.26 Å². The number of likely N-dealkylation sites (tertiary alicyclic amines) is 1. The van der Waals surface area contributed by atoms with Crippen LogP contribution in [0.2, 0.25) is 0 Å². The van der Waals surface area contributed by atoms with E-state index in [-0.39, 0.29) is 6.10 Å². The Hall–Kier alpha value is -1.37. The third-order valence-electron chi connectivity index (χ3n) is 3.76. The van der Waals surface area contributed by atoms with Crippen LogP contribution in [0.4, 0.5) is 0 Å². The lowest BCUT2D eigenvalue weighted by Crippen LogP contribution is -2.42. The molecule has 3 nitrogen and oxygen atoms in total. The van der Waals surface area contributed by atoms with Crippen LogP contribution in [0, 0.1) is 17.2 Å². The molecule has 96 valence electrons. The van der Waals surface area contributed by atoms with Gasteiger partial charge in [-0.05, 0) is 36.5 Å². The van der Waals surface area contributed by atoms with E-state index in [0.29, 0.717) is 5.92 Å². The fraction of sp³-hybridized carbons (Fsp3) is 0.533. The summed E-state index contributed by atoms with van der Waals surface area (Å²) in [7, 11) is 0. The summed E-state index contributed by atoms with van der Waals surface area (Å²) in [6.45, 7) is 4.90. The normalized spacial score (nSPS) is 24.7. The minimum absolute atomic E-state index is 0.142. The summed E-state index contributed by atoms with van der Waals surface area (Å²) in [5, 5.41) is 18.8. The van der Waals surface area contributed by atoms with Crippen molar-refractivity contribution in [2.24, 2.45) is 5.92 Å². The molecule has 1 N–H and O–H groups in total. The van der Waals surface area contributed by atoms with Crippen LogP contribution in [-0.4, -0.2) is 29.2 Å². The Morgan fingerprint density at radius 1 is 1.50 bits per heavy atom. The SMILES string of the molecule is CCC1CN(Cc2cccc(C#N)c2)CCC1O. The highest BCUT2D eigenvalue weighted by atomic mass is 16.3. The van der Waals surface area contributed by atoms with Gasteiger partial charge in [-0.15, -0.1) is 0 Å². The third kappa shape index (κ3) is 3.10. The van der Waals surface area contributed by atoms with Gasteiger partial charge in [0.05, 0.1) is 17.7 Å². The smallest absolute Gasteiger partial charge is 0.0991 e. The van der Waals surface area contributed by atoms with Gasteiger partial charge in [0.1, 0.15) is 0 Å². The van der Waals surface area contributed by atoms with Crippen LogP contribution >= 0.6 is 0 Å². The Labute approximate surface area is 109 Å². The van der Waals surface area contributed by atoms with E-state index in [2.05, 4.69) is 24.0 Å². The maximum absolute atomic E-state index is 9.87. The first-order valence-electron chi connectivity index (χ1n) is 6.62. The lowest BCUT2D eigenvalue weighted by atomic mass is 9.92. The molecule has 0 radical (unpaired) electrons. The molecule has 1 aromatic rings. The van der Waals surface area contributed by atoms with Gasteiger partial charge in [0.15, 0.2) is 0 Å². The minimum atomic E-state index is -0.142. The first-order valence-corrected chi connectivity index (χ1v) is 6.62. The van der Waals surface area contributed by atoms with Crippen molar-refractivity contribution >= 4 is 0 Å². The molecule has 1 aliphatic rings. The van der Waals surface area contributed by atoms with Gasteiger partial charge >= 0.3 is 0 Å². The van der Waals surface area contributed by atoms with E-state index in [1.807, 2.05) is 18.2 Å². The van der Waals surface area contributed by atoms with Crippen molar-refractivity contribution < 1.29 is 5.11 Å². The molecule has 1 heterocycles. The van der Waals surface area contributed by atoms with Gasteiger partial charge in [0.25, 0.3) is 0 Å². The average Bonchev–Trinajstić information content (AvgIpc) is 2.41. The number of nitrogens with zero attached hydrogens (tertiary/aromatic N) is 2. The number of hydrogen-bond acceptors (Lipinski definition) is 3. The Morgan fingerprint density at radius 3 is 3.06 bits per heavy atom. The molecule has 0 aromatic heterocycles. The Morgan fingerprint density at radius 2 is 2.33 bits per heavy atom. The highest BCUT2D eigenvalue weighted by Crippen LogP contribution is 2.21. The number of rotatable bonds is 3. The lowest BCUT2D eigenvalue weighted by molar-refractivity contribution is 0.0222. The topological polar surface area (TPSA) is 47.3 Å². The monoisotopic (exact) mass is 244 g/mol. The molecule has 0 spiro atoms. The second-order valence-electron chi connectivity index (χ2n) is 5.07. The summed E-state index contributed by atoms with van der Waals surface area (Å²) in [6.07, 6.45) is 1.74. The van der Waals surface area contributed by atoms with Gasteiger partial charge < -0.3 is 5.11 Å². The number of nitriles is 1. The zero-order valence-electron chi connectivity index (χ0n) is 10.8. The number of aliphatic hydroxyl groups is 1. The predicted molar refractivity (Wildman–Crippen MR) is 70.8 cm³/mol. The number of aliphatic hydroxyl groups excluding tert-OH is 1. The summed E-state index contributed by atoms with van der Waals surface area (Å²) in [6, 6.07) is 9.95. The molecule has 1 aliphatic heterocycles. The van der Waals surface area contributed by atoms with Crippen molar-refractivity contribution in [1.29, 1.82) is 5.26 Å². The number of benzene rings is 1. The largest absolute Gasteiger partial charge is 0.393 e. The fourth-order valence-corrected chi connectivity index (χ4v) is 2.64. The molecule has 2 unspecified atom stereocenters. The van der Waals surface area contributed by atoms with E-state index in [9.17, 15) is 5.11 Å². The van der Waals surface area contributed by atoms with E-state index < -0.39 is 0 Å². The van der Waals surface area contributed by atoms with Crippen molar-refractivity contribution in [2.45, 2.75) is 32.4 Å². The highest BCUT2D eigenvalue weighted by molar-refractivity contribution is 5.32. The summed E-state index contributed by atoms with van der Waals surface area (Å²) in [4.78, 5) is 2.37. The van der Waals surface area contributed by atoms with Crippen LogP contribution in [0.3, 0.4) is 0 Å². The second-order valence-corrected chi connectivity index (χ2v) is 5.07. The Kier molecular flexibility index (Phi) is 4.35. The van der Waals surface area contributed by atoms with Crippen molar-refractivity contribution in [3.05, 3.63) is 35.4 Å². The molecule has 0 aliphatic carbocycles.